The van der Waals surface area contributed by atoms with Crippen molar-refractivity contribution in [1.29, 1.82) is 0 Å². The lowest BCUT2D eigenvalue weighted by atomic mass is 10.5. The largest absolute Gasteiger partial charge is 0.370 e. The van der Waals surface area contributed by atoms with Crippen LogP contribution in [0, 0.1) is 0 Å². The molecule has 0 aliphatic heterocycles. The van der Waals surface area contributed by atoms with Gasteiger partial charge in [-0.3, -0.25) is 0 Å². The molecule has 0 saturated heterocycles. The van der Waals surface area contributed by atoms with Crippen LogP contribution in [0.15, 0.2) is 0 Å². The van der Waals surface area contributed by atoms with Crippen molar-refractivity contribution in [1.82, 2.24) is 0 Å². The first-order chi connectivity index (χ1) is 5.60. The van der Waals surface area contributed by atoms with Crippen molar-refractivity contribution in [3.63, 3.8) is 0 Å². The minimum atomic E-state index is -1.07. The third-order valence-electron chi connectivity index (χ3n) is 1.53. The summed E-state index contributed by atoms with van der Waals surface area (Å²) in [4.78, 5) is 0. The standard InChI is InChI=1S/C8H18O4/c1-7(2)12-6-8(9-3,10-4)11-5/h7H,6H2,1-5H3. The van der Waals surface area contributed by atoms with Gasteiger partial charge in [0.25, 0.3) is 0 Å². The first kappa shape index (κ1) is 11.8. The predicted molar refractivity (Wildman–Crippen MR) is 44.8 cm³/mol. The van der Waals surface area contributed by atoms with E-state index in [1.807, 2.05) is 13.8 Å². The maximum absolute atomic E-state index is 5.31. The summed E-state index contributed by atoms with van der Waals surface area (Å²) in [5.41, 5.74) is 0. The molecule has 0 aromatic rings. The van der Waals surface area contributed by atoms with Gasteiger partial charge in [0.05, 0.1) is 6.10 Å². The van der Waals surface area contributed by atoms with Crippen LogP contribution in [-0.2, 0) is 18.9 Å². The summed E-state index contributed by atoms with van der Waals surface area (Å²) < 4.78 is 20.4. The number of rotatable bonds is 6. The van der Waals surface area contributed by atoms with Gasteiger partial charge in [0, 0.05) is 21.3 Å². The summed E-state index contributed by atoms with van der Waals surface area (Å²) in [7, 11) is 4.53. The molecule has 0 atom stereocenters. The second-order valence-corrected chi connectivity index (χ2v) is 2.66. The molecule has 0 rings (SSSR count). The summed E-state index contributed by atoms with van der Waals surface area (Å²) in [5.74, 6) is -1.07. The molecule has 4 heteroatoms. The van der Waals surface area contributed by atoms with E-state index in [2.05, 4.69) is 0 Å². The number of hydrogen-bond donors (Lipinski definition) is 0. The first-order valence-electron chi connectivity index (χ1n) is 3.87. The van der Waals surface area contributed by atoms with E-state index in [1.165, 1.54) is 21.3 Å². The van der Waals surface area contributed by atoms with Gasteiger partial charge in [0.1, 0.15) is 6.61 Å². The van der Waals surface area contributed by atoms with Crippen molar-refractivity contribution in [3.8, 4) is 0 Å². The molecule has 0 fully saturated rings. The van der Waals surface area contributed by atoms with E-state index >= 15 is 0 Å². The molecule has 0 N–H and O–H groups in total. The van der Waals surface area contributed by atoms with Crippen molar-refractivity contribution < 1.29 is 18.9 Å². The predicted octanol–water partition coefficient (Wildman–Crippen LogP) is 1.00. The SMILES string of the molecule is COC(COC(C)C)(OC)OC. The molecule has 74 valence electrons. The van der Waals surface area contributed by atoms with Gasteiger partial charge >= 0.3 is 5.97 Å². The van der Waals surface area contributed by atoms with Crippen LogP contribution >= 0.6 is 0 Å². The van der Waals surface area contributed by atoms with Gasteiger partial charge in [-0.1, -0.05) is 0 Å². The van der Waals surface area contributed by atoms with Crippen LogP contribution in [0.3, 0.4) is 0 Å². The van der Waals surface area contributed by atoms with Crippen LogP contribution in [0.25, 0.3) is 0 Å². The summed E-state index contributed by atoms with van der Waals surface area (Å²) in [5, 5.41) is 0. The van der Waals surface area contributed by atoms with Crippen LogP contribution < -0.4 is 0 Å². The van der Waals surface area contributed by atoms with E-state index in [1.54, 1.807) is 0 Å². The quantitative estimate of drug-likeness (QED) is 0.569. The number of methoxy groups -OCH3 is 3. The summed E-state index contributed by atoms with van der Waals surface area (Å²) in [6.07, 6.45) is 0.129. The van der Waals surface area contributed by atoms with Gasteiger partial charge in [-0.15, -0.1) is 0 Å². The average Bonchev–Trinajstić information content (AvgIpc) is 2.08. The zero-order valence-corrected chi connectivity index (χ0v) is 8.42. The Balaban J connectivity index is 3.93. The van der Waals surface area contributed by atoms with E-state index in [0.717, 1.165) is 0 Å². The van der Waals surface area contributed by atoms with E-state index < -0.39 is 5.97 Å². The van der Waals surface area contributed by atoms with Crippen molar-refractivity contribution in [2.24, 2.45) is 0 Å². The molecule has 0 aliphatic carbocycles. The topological polar surface area (TPSA) is 36.9 Å². The Hall–Kier alpha value is -0.160. The van der Waals surface area contributed by atoms with Crippen molar-refractivity contribution in [2.75, 3.05) is 27.9 Å². The number of ether oxygens (including phenoxy) is 4. The smallest absolute Gasteiger partial charge is 0.307 e. The lowest BCUT2D eigenvalue weighted by Crippen LogP contribution is -2.41. The molecule has 0 bridgehead atoms. The van der Waals surface area contributed by atoms with E-state index in [4.69, 9.17) is 18.9 Å². The van der Waals surface area contributed by atoms with Gasteiger partial charge in [-0.2, -0.15) is 0 Å². The molecular weight excluding hydrogens is 160 g/mol. The second kappa shape index (κ2) is 5.48. The molecule has 0 amide bonds. The second-order valence-electron chi connectivity index (χ2n) is 2.66. The molecule has 0 radical (unpaired) electrons. The van der Waals surface area contributed by atoms with Crippen LogP contribution in [0.5, 0.6) is 0 Å². The Labute approximate surface area is 73.7 Å². The highest BCUT2D eigenvalue weighted by Gasteiger charge is 2.30. The highest BCUT2D eigenvalue weighted by atomic mass is 16.9. The molecule has 0 aromatic heterocycles. The molecule has 0 aromatic carbocycles. The Morgan fingerprint density at radius 2 is 1.42 bits per heavy atom. The van der Waals surface area contributed by atoms with Gasteiger partial charge in [-0.05, 0) is 13.8 Å². The zero-order valence-electron chi connectivity index (χ0n) is 8.42. The Morgan fingerprint density at radius 3 is 1.67 bits per heavy atom. The van der Waals surface area contributed by atoms with Crippen LogP contribution in [0.1, 0.15) is 13.8 Å². The fraction of sp³-hybridized carbons (Fsp3) is 1.00. The first-order valence-corrected chi connectivity index (χ1v) is 3.87. The summed E-state index contributed by atoms with van der Waals surface area (Å²) >= 11 is 0. The van der Waals surface area contributed by atoms with Crippen LogP contribution in [0.4, 0.5) is 0 Å². The molecular formula is C8H18O4. The van der Waals surface area contributed by atoms with Gasteiger partial charge in [0.15, 0.2) is 0 Å². The molecule has 12 heavy (non-hydrogen) atoms. The van der Waals surface area contributed by atoms with Gasteiger partial charge in [-0.25, -0.2) is 0 Å². The Bertz CT molecular complexity index is 101. The maximum atomic E-state index is 5.31. The summed E-state index contributed by atoms with van der Waals surface area (Å²) in [6.45, 7) is 4.13. The van der Waals surface area contributed by atoms with Crippen molar-refractivity contribution in [3.05, 3.63) is 0 Å². The molecule has 0 unspecified atom stereocenters. The Kier molecular flexibility index (Phi) is 5.41. The molecule has 0 heterocycles. The molecule has 0 saturated carbocycles. The van der Waals surface area contributed by atoms with E-state index in [-0.39, 0.29) is 12.7 Å². The third kappa shape index (κ3) is 3.49. The Morgan fingerprint density at radius 1 is 1.00 bits per heavy atom. The average molecular weight is 178 g/mol. The monoisotopic (exact) mass is 178 g/mol. The van der Waals surface area contributed by atoms with Gasteiger partial charge < -0.3 is 18.9 Å². The van der Waals surface area contributed by atoms with Gasteiger partial charge in [0.2, 0.25) is 0 Å². The lowest BCUT2D eigenvalue weighted by molar-refractivity contribution is -0.370. The number of hydrogen-bond acceptors (Lipinski definition) is 4. The highest BCUT2D eigenvalue weighted by Crippen LogP contribution is 2.13. The molecule has 0 spiro atoms. The maximum Gasteiger partial charge on any atom is 0.307 e. The summed E-state index contributed by atoms with van der Waals surface area (Å²) in [6, 6.07) is 0. The normalized spacial score (nSPS) is 12.5. The minimum absolute atomic E-state index is 0.129. The minimum Gasteiger partial charge on any atom is -0.370 e. The third-order valence-corrected chi connectivity index (χ3v) is 1.53. The zero-order chi connectivity index (χ0) is 9.61. The van der Waals surface area contributed by atoms with E-state index in [0.29, 0.717) is 0 Å². The fourth-order valence-electron chi connectivity index (χ4n) is 0.696. The fourth-order valence-corrected chi connectivity index (χ4v) is 0.696. The lowest BCUT2D eigenvalue weighted by Gasteiger charge is -2.28. The molecule has 0 aliphatic rings. The van der Waals surface area contributed by atoms with E-state index in [9.17, 15) is 0 Å². The van der Waals surface area contributed by atoms with Crippen molar-refractivity contribution >= 4 is 0 Å². The highest BCUT2D eigenvalue weighted by molar-refractivity contribution is 4.53. The van der Waals surface area contributed by atoms with Crippen molar-refractivity contribution in [2.45, 2.75) is 25.9 Å². The molecule has 4 nitrogen and oxygen atoms in total. The van der Waals surface area contributed by atoms with Crippen LogP contribution in [-0.4, -0.2) is 40.0 Å². The van der Waals surface area contributed by atoms with Crippen LogP contribution in [0.2, 0.25) is 0 Å².